The molecule has 0 spiro atoms. The van der Waals surface area contributed by atoms with Crippen LogP contribution in [-0.4, -0.2) is 24.7 Å². The van der Waals surface area contributed by atoms with Gasteiger partial charge in [0, 0.05) is 5.69 Å². The quantitative estimate of drug-likeness (QED) is 0.808. The van der Waals surface area contributed by atoms with Crippen molar-refractivity contribution < 1.29 is 18.3 Å². The van der Waals surface area contributed by atoms with Crippen molar-refractivity contribution in [2.24, 2.45) is 5.92 Å². The zero-order chi connectivity index (χ0) is 14.8. The van der Waals surface area contributed by atoms with Gasteiger partial charge >= 0.3 is 5.97 Å². The minimum Gasteiger partial charge on any atom is -0.481 e. The van der Waals surface area contributed by atoms with Gasteiger partial charge in [-0.25, -0.2) is 8.42 Å². The molecule has 1 atom stereocenters. The predicted octanol–water partition coefficient (Wildman–Crippen LogP) is 2.24. The van der Waals surface area contributed by atoms with Gasteiger partial charge < -0.3 is 5.11 Å². The maximum absolute atomic E-state index is 11.8. The Morgan fingerprint density at radius 2 is 1.95 bits per heavy atom. The number of aliphatic carboxylic acids is 1. The van der Waals surface area contributed by atoms with Crippen LogP contribution in [0.5, 0.6) is 0 Å². The van der Waals surface area contributed by atoms with E-state index in [1.54, 1.807) is 24.3 Å². The van der Waals surface area contributed by atoms with Crippen LogP contribution in [0, 0.1) is 5.92 Å². The predicted molar refractivity (Wildman–Crippen MR) is 77.1 cm³/mol. The highest BCUT2D eigenvalue weighted by molar-refractivity contribution is 7.93. The van der Waals surface area contributed by atoms with E-state index in [9.17, 15) is 13.2 Å². The third-order valence-electron chi connectivity index (χ3n) is 3.50. The minimum absolute atomic E-state index is 0.251. The highest BCUT2D eigenvalue weighted by Gasteiger charge is 2.35. The third kappa shape index (κ3) is 3.72. The molecule has 20 heavy (non-hydrogen) atoms. The van der Waals surface area contributed by atoms with Gasteiger partial charge in [0.2, 0.25) is 10.0 Å². The summed E-state index contributed by atoms with van der Waals surface area (Å²) in [6.45, 7) is 1.84. The summed E-state index contributed by atoms with van der Waals surface area (Å²) in [6, 6.07) is 6.92. The summed E-state index contributed by atoms with van der Waals surface area (Å²) in [6.07, 6.45) is 2.49. The average molecular weight is 297 g/mol. The average Bonchev–Trinajstić information content (AvgIpc) is 3.21. The fourth-order valence-electron chi connectivity index (χ4n) is 2.03. The summed E-state index contributed by atoms with van der Waals surface area (Å²) < 4.78 is 26.1. The smallest absolute Gasteiger partial charge is 0.306 e. The minimum atomic E-state index is -3.24. The number of nitrogens with one attached hydrogen (secondary N) is 1. The van der Waals surface area contributed by atoms with Crippen LogP contribution in [0.2, 0.25) is 0 Å². The number of anilines is 1. The van der Waals surface area contributed by atoms with Crippen molar-refractivity contribution >= 4 is 21.7 Å². The van der Waals surface area contributed by atoms with Gasteiger partial charge in [-0.15, -0.1) is 0 Å². The summed E-state index contributed by atoms with van der Waals surface area (Å²) in [5.41, 5.74) is 1.43. The molecule has 1 saturated carbocycles. The Hall–Kier alpha value is -1.56. The molecule has 1 aromatic carbocycles. The lowest BCUT2D eigenvalue weighted by molar-refractivity contribution is -0.141. The van der Waals surface area contributed by atoms with E-state index >= 15 is 0 Å². The Morgan fingerprint density at radius 1 is 1.35 bits per heavy atom. The first-order chi connectivity index (χ1) is 9.42. The fraction of sp³-hybridized carbons (Fsp3) is 0.500. The molecule has 0 radical (unpaired) electrons. The van der Waals surface area contributed by atoms with Crippen molar-refractivity contribution in [1.29, 1.82) is 0 Å². The van der Waals surface area contributed by atoms with Gasteiger partial charge in [-0.1, -0.05) is 19.1 Å². The Morgan fingerprint density at radius 3 is 2.40 bits per heavy atom. The van der Waals surface area contributed by atoms with E-state index in [2.05, 4.69) is 4.72 Å². The summed E-state index contributed by atoms with van der Waals surface area (Å²) >= 11 is 0. The second-order valence-electron chi connectivity index (χ2n) is 5.19. The zero-order valence-electron chi connectivity index (χ0n) is 11.4. The molecule has 2 N–H and O–H groups in total. The lowest BCUT2D eigenvalue weighted by atomic mass is 9.97. The summed E-state index contributed by atoms with van der Waals surface area (Å²) in [4.78, 5) is 11.0. The molecule has 0 bridgehead atoms. The molecule has 0 amide bonds. The standard InChI is InChI=1S/C14H19NO4S/c1-2-11(14(16)17)9-10-3-5-12(6-4-10)15-20(18,19)13-7-8-13/h3-6,11,13,15H,2,7-9H2,1H3,(H,16,17). The van der Waals surface area contributed by atoms with E-state index < -0.39 is 21.9 Å². The molecule has 5 nitrogen and oxygen atoms in total. The number of carboxylic acid groups (broad SMARTS) is 1. The Kier molecular flexibility index (Phi) is 4.32. The second kappa shape index (κ2) is 5.83. The Bertz CT molecular complexity index is 576. The highest BCUT2D eigenvalue weighted by atomic mass is 32.2. The first-order valence-corrected chi connectivity index (χ1v) is 8.30. The molecule has 2 rings (SSSR count). The molecule has 1 aromatic rings. The summed E-state index contributed by atoms with van der Waals surface area (Å²) in [7, 11) is -3.24. The zero-order valence-corrected chi connectivity index (χ0v) is 12.2. The van der Waals surface area contributed by atoms with Crippen LogP contribution in [0.25, 0.3) is 0 Å². The molecule has 1 fully saturated rings. The molecule has 6 heteroatoms. The van der Waals surface area contributed by atoms with Crippen LogP contribution in [-0.2, 0) is 21.2 Å². The van der Waals surface area contributed by atoms with Crippen molar-refractivity contribution in [1.82, 2.24) is 0 Å². The molecule has 110 valence electrons. The first-order valence-electron chi connectivity index (χ1n) is 6.75. The maximum atomic E-state index is 11.8. The van der Waals surface area contributed by atoms with Crippen LogP contribution < -0.4 is 4.72 Å². The highest BCUT2D eigenvalue weighted by Crippen LogP contribution is 2.29. The summed E-state index contributed by atoms with van der Waals surface area (Å²) in [5.74, 6) is -1.20. The van der Waals surface area contributed by atoms with E-state index in [4.69, 9.17) is 5.11 Å². The van der Waals surface area contributed by atoms with Crippen molar-refractivity contribution in [2.45, 2.75) is 37.9 Å². The maximum Gasteiger partial charge on any atom is 0.306 e. The topological polar surface area (TPSA) is 83.5 Å². The monoisotopic (exact) mass is 297 g/mol. The SMILES string of the molecule is CCC(Cc1ccc(NS(=O)(=O)C2CC2)cc1)C(=O)O. The van der Waals surface area contributed by atoms with E-state index in [1.807, 2.05) is 6.92 Å². The van der Waals surface area contributed by atoms with Gasteiger partial charge in [0.25, 0.3) is 0 Å². The molecule has 0 aliphatic heterocycles. The van der Waals surface area contributed by atoms with Gasteiger partial charge in [0.05, 0.1) is 11.2 Å². The van der Waals surface area contributed by atoms with E-state index in [0.29, 0.717) is 18.5 Å². The molecule has 0 heterocycles. The number of carbonyl (C=O) groups is 1. The lowest BCUT2D eigenvalue weighted by Crippen LogP contribution is -2.17. The molecular formula is C14H19NO4S. The van der Waals surface area contributed by atoms with Gasteiger partial charge in [0.1, 0.15) is 0 Å². The Labute approximate surface area is 119 Å². The number of carboxylic acids is 1. The number of rotatable bonds is 7. The van der Waals surface area contributed by atoms with Crippen LogP contribution in [0.4, 0.5) is 5.69 Å². The largest absolute Gasteiger partial charge is 0.481 e. The van der Waals surface area contributed by atoms with Crippen molar-refractivity contribution in [3.63, 3.8) is 0 Å². The summed E-state index contributed by atoms with van der Waals surface area (Å²) in [5, 5.41) is 8.77. The van der Waals surface area contributed by atoms with Gasteiger partial charge in [-0.3, -0.25) is 9.52 Å². The molecule has 1 aliphatic rings. The van der Waals surface area contributed by atoms with Crippen molar-refractivity contribution in [3.05, 3.63) is 29.8 Å². The first kappa shape index (κ1) is 14.8. The lowest BCUT2D eigenvalue weighted by Gasteiger charge is -2.11. The third-order valence-corrected chi connectivity index (χ3v) is 5.37. The van der Waals surface area contributed by atoms with Crippen LogP contribution in [0.3, 0.4) is 0 Å². The second-order valence-corrected chi connectivity index (χ2v) is 7.15. The Balaban J connectivity index is 2.01. The number of hydrogen-bond acceptors (Lipinski definition) is 3. The van der Waals surface area contributed by atoms with E-state index in [0.717, 1.165) is 18.4 Å². The number of hydrogen-bond donors (Lipinski definition) is 2. The molecular weight excluding hydrogens is 278 g/mol. The van der Waals surface area contributed by atoms with Crippen LogP contribution in [0.1, 0.15) is 31.7 Å². The normalized spacial score (nSPS) is 16.6. The van der Waals surface area contributed by atoms with Gasteiger partial charge in [0.15, 0.2) is 0 Å². The fourth-order valence-corrected chi connectivity index (χ4v) is 3.41. The number of sulfonamides is 1. The van der Waals surface area contributed by atoms with Crippen molar-refractivity contribution in [3.8, 4) is 0 Å². The molecule has 0 saturated heterocycles. The van der Waals surface area contributed by atoms with E-state index in [-0.39, 0.29) is 5.25 Å². The number of benzene rings is 1. The van der Waals surface area contributed by atoms with Crippen LogP contribution in [0.15, 0.2) is 24.3 Å². The molecule has 0 aromatic heterocycles. The van der Waals surface area contributed by atoms with Gasteiger partial charge in [-0.2, -0.15) is 0 Å². The van der Waals surface area contributed by atoms with Crippen molar-refractivity contribution in [2.75, 3.05) is 4.72 Å². The van der Waals surface area contributed by atoms with Gasteiger partial charge in [-0.05, 0) is 43.4 Å². The molecule has 1 unspecified atom stereocenters. The van der Waals surface area contributed by atoms with E-state index in [1.165, 1.54) is 0 Å². The van der Waals surface area contributed by atoms with Crippen LogP contribution >= 0.6 is 0 Å². The molecule has 1 aliphatic carbocycles.